The van der Waals surface area contributed by atoms with Crippen LogP contribution in [0.25, 0.3) is 0 Å². The summed E-state index contributed by atoms with van der Waals surface area (Å²) in [4.78, 5) is 0.863. The second-order valence-corrected chi connectivity index (χ2v) is 5.77. The topological polar surface area (TPSA) is 40.5 Å². The first-order valence-corrected chi connectivity index (χ1v) is 7.08. The molecular formula is C14H24O2S. The molecule has 2 nitrogen and oxygen atoms in total. The number of rotatable bonds is 5. The molecule has 0 aromatic heterocycles. The molecule has 0 aliphatic heterocycles. The lowest BCUT2D eigenvalue weighted by molar-refractivity contribution is 0.103. The number of thioether (sulfide) groups is 1. The van der Waals surface area contributed by atoms with Gasteiger partial charge in [0, 0.05) is 11.0 Å². The Kier molecular flexibility index (Phi) is 6.92. The smallest absolute Gasteiger partial charge is 0.122 e. The van der Waals surface area contributed by atoms with E-state index in [9.17, 15) is 10.2 Å². The fourth-order valence-electron chi connectivity index (χ4n) is 1.03. The van der Waals surface area contributed by atoms with Gasteiger partial charge in [-0.2, -0.15) is 0 Å². The summed E-state index contributed by atoms with van der Waals surface area (Å²) in [5.41, 5.74) is -1.77. The fraction of sp³-hybridized carbons (Fsp3) is 0.714. The molecule has 98 valence electrons. The van der Waals surface area contributed by atoms with Gasteiger partial charge in [-0.05, 0) is 32.4 Å². The molecule has 0 amide bonds. The van der Waals surface area contributed by atoms with Crippen LogP contribution >= 0.6 is 11.8 Å². The quantitative estimate of drug-likeness (QED) is 0.743. The van der Waals surface area contributed by atoms with E-state index in [2.05, 4.69) is 11.8 Å². The molecule has 0 aromatic rings. The van der Waals surface area contributed by atoms with Gasteiger partial charge in [0.1, 0.15) is 5.60 Å². The fourth-order valence-corrected chi connectivity index (χ4v) is 1.94. The third-order valence-corrected chi connectivity index (χ3v) is 3.91. The predicted octanol–water partition coefficient (Wildman–Crippen LogP) is 2.95. The molecular weight excluding hydrogens is 232 g/mol. The van der Waals surface area contributed by atoms with Crippen LogP contribution in [0, 0.1) is 11.8 Å². The van der Waals surface area contributed by atoms with Crippen molar-refractivity contribution in [3.63, 3.8) is 0 Å². The van der Waals surface area contributed by atoms with Gasteiger partial charge in [0.2, 0.25) is 0 Å². The zero-order valence-electron chi connectivity index (χ0n) is 11.5. The molecule has 0 radical (unpaired) electrons. The first kappa shape index (κ1) is 16.6. The molecule has 2 unspecified atom stereocenters. The van der Waals surface area contributed by atoms with Crippen molar-refractivity contribution in [2.24, 2.45) is 0 Å². The summed E-state index contributed by atoms with van der Waals surface area (Å²) < 4.78 is 0. The molecule has 0 bridgehead atoms. The highest BCUT2D eigenvalue weighted by molar-refractivity contribution is 8.03. The van der Waals surface area contributed by atoms with E-state index in [1.165, 1.54) is 0 Å². The van der Waals surface area contributed by atoms with Gasteiger partial charge in [-0.3, -0.25) is 0 Å². The van der Waals surface area contributed by atoms with Crippen LogP contribution < -0.4 is 0 Å². The first-order chi connectivity index (χ1) is 7.79. The monoisotopic (exact) mass is 256 g/mol. The zero-order valence-corrected chi connectivity index (χ0v) is 12.3. The molecule has 2 atom stereocenters. The molecule has 0 saturated carbocycles. The molecule has 0 heterocycles. The molecule has 0 saturated heterocycles. The standard InChI is InChI=1S/C14H24O2S/c1-6-13(4,15)11-9-10-12(17-8-3)14(5,16)7-2/h10,15-16H,6-8H2,1-5H3/b12-10-. The van der Waals surface area contributed by atoms with Crippen molar-refractivity contribution in [1.29, 1.82) is 0 Å². The molecule has 0 spiro atoms. The number of aliphatic hydroxyl groups is 2. The normalized spacial score (nSPS) is 18.9. The summed E-state index contributed by atoms with van der Waals surface area (Å²) in [5, 5.41) is 19.9. The number of hydrogen-bond acceptors (Lipinski definition) is 3. The third-order valence-electron chi connectivity index (χ3n) is 2.75. The predicted molar refractivity (Wildman–Crippen MR) is 75.8 cm³/mol. The van der Waals surface area contributed by atoms with Crippen molar-refractivity contribution in [2.45, 2.75) is 58.7 Å². The van der Waals surface area contributed by atoms with E-state index in [4.69, 9.17) is 0 Å². The highest BCUT2D eigenvalue weighted by Crippen LogP contribution is 2.30. The van der Waals surface area contributed by atoms with Gasteiger partial charge in [-0.15, -0.1) is 11.8 Å². The van der Waals surface area contributed by atoms with Crippen molar-refractivity contribution in [3.8, 4) is 11.8 Å². The minimum absolute atomic E-state index is 0.592. The number of allylic oxidation sites excluding steroid dienone is 1. The maximum atomic E-state index is 10.2. The van der Waals surface area contributed by atoms with Crippen LogP contribution in [0.15, 0.2) is 11.0 Å². The number of hydrogen-bond donors (Lipinski definition) is 2. The average molecular weight is 256 g/mol. The van der Waals surface area contributed by atoms with E-state index in [0.717, 1.165) is 10.7 Å². The Morgan fingerprint density at radius 1 is 1.18 bits per heavy atom. The van der Waals surface area contributed by atoms with Crippen LogP contribution in [0.5, 0.6) is 0 Å². The zero-order chi connectivity index (χ0) is 13.5. The Balaban J connectivity index is 4.96. The maximum absolute atomic E-state index is 10.2. The summed E-state index contributed by atoms with van der Waals surface area (Å²) >= 11 is 1.59. The molecule has 0 rings (SSSR count). The van der Waals surface area contributed by atoms with Gasteiger partial charge in [-0.1, -0.05) is 32.6 Å². The Morgan fingerprint density at radius 3 is 2.18 bits per heavy atom. The van der Waals surface area contributed by atoms with Gasteiger partial charge in [0.15, 0.2) is 0 Å². The van der Waals surface area contributed by atoms with Crippen LogP contribution in [0.1, 0.15) is 47.5 Å². The van der Waals surface area contributed by atoms with E-state index < -0.39 is 11.2 Å². The van der Waals surface area contributed by atoms with Crippen molar-refractivity contribution >= 4 is 11.8 Å². The van der Waals surface area contributed by atoms with Crippen molar-refractivity contribution in [3.05, 3.63) is 11.0 Å². The van der Waals surface area contributed by atoms with Crippen molar-refractivity contribution in [2.75, 3.05) is 5.75 Å². The van der Waals surface area contributed by atoms with Gasteiger partial charge >= 0.3 is 0 Å². The summed E-state index contributed by atoms with van der Waals surface area (Å²) in [6.45, 7) is 9.36. The van der Waals surface area contributed by atoms with Gasteiger partial charge < -0.3 is 10.2 Å². The Hall–Kier alpha value is -0.430. The molecule has 2 N–H and O–H groups in total. The lowest BCUT2D eigenvalue weighted by atomic mass is 10.0. The van der Waals surface area contributed by atoms with Gasteiger partial charge in [-0.25, -0.2) is 0 Å². The third kappa shape index (κ3) is 6.16. The van der Waals surface area contributed by atoms with Crippen molar-refractivity contribution in [1.82, 2.24) is 0 Å². The lowest BCUT2D eigenvalue weighted by Crippen LogP contribution is -2.24. The molecule has 17 heavy (non-hydrogen) atoms. The highest BCUT2D eigenvalue weighted by atomic mass is 32.2. The Labute approximate surface area is 110 Å². The summed E-state index contributed by atoms with van der Waals surface area (Å²) in [6, 6.07) is 0. The van der Waals surface area contributed by atoms with Gasteiger partial charge in [0.05, 0.1) is 5.60 Å². The minimum atomic E-state index is -0.948. The van der Waals surface area contributed by atoms with Crippen molar-refractivity contribution < 1.29 is 10.2 Å². The molecule has 0 fully saturated rings. The summed E-state index contributed by atoms with van der Waals surface area (Å²) in [6.07, 6.45) is 2.97. The second kappa shape index (κ2) is 7.10. The Bertz CT molecular complexity index is 319. The Morgan fingerprint density at radius 2 is 1.76 bits per heavy atom. The van der Waals surface area contributed by atoms with Crippen LogP contribution in [0.3, 0.4) is 0 Å². The summed E-state index contributed by atoms with van der Waals surface area (Å²) in [7, 11) is 0. The van der Waals surface area contributed by atoms with Crippen LogP contribution in [0.2, 0.25) is 0 Å². The van der Waals surface area contributed by atoms with E-state index >= 15 is 0 Å². The van der Waals surface area contributed by atoms with E-state index in [0.29, 0.717) is 12.8 Å². The van der Waals surface area contributed by atoms with E-state index in [-0.39, 0.29) is 0 Å². The highest BCUT2D eigenvalue weighted by Gasteiger charge is 2.23. The summed E-state index contributed by atoms with van der Waals surface area (Å²) in [5.74, 6) is 6.55. The molecule has 0 aromatic carbocycles. The molecule has 0 aliphatic carbocycles. The lowest BCUT2D eigenvalue weighted by Gasteiger charge is -2.23. The first-order valence-electron chi connectivity index (χ1n) is 6.10. The van der Waals surface area contributed by atoms with E-state index in [1.54, 1.807) is 31.7 Å². The van der Waals surface area contributed by atoms with Crippen LogP contribution in [-0.4, -0.2) is 27.2 Å². The molecule has 3 heteroatoms. The maximum Gasteiger partial charge on any atom is 0.122 e. The van der Waals surface area contributed by atoms with Crippen LogP contribution in [-0.2, 0) is 0 Å². The molecule has 0 aliphatic rings. The minimum Gasteiger partial charge on any atom is -0.385 e. The largest absolute Gasteiger partial charge is 0.385 e. The van der Waals surface area contributed by atoms with E-state index in [1.807, 2.05) is 20.8 Å². The second-order valence-electron chi connectivity index (χ2n) is 4.47. The SMILES string of the molecule is CCS/C(=C\C#CC(C)(O)CC)C(C)(O)CC. The average Bonchev–Trinajstić information content (AvgIpc) is 2.28. The van der Waals surface area contributed by atoms with Gasteiger partial charge in [0.25, 0.3) is 0 Å². The van der Waals surface area contributed by atoms with Crippen LogP contribution in [0.4, 0.5) is 0 Å².